The first kappa shape index (κ1) is 13.5. The summed E-state index contributed by atoms with van der Waals surface area (Å²) in [5, 5.41) is 12.8. The number of carboxylic acids is 1. The molecule has 1 unspecified atom stereocenters. The van der Waals surface area contributed by atoms with Crippen LogP contribution in [0.3, 0.4) is 0 Å². The van der Waals surface area contributed by atoms with Gasteiger partial charge in [-0.15, -0.1) is 11.3 Å². The van der Waals surface area contributed by atoms with Crippen LogP contribution in [0.15, 0.2) is 29.6 Å². The lowest BCUT2D eigenvalue weighted by molar-refractivity contribution is -0.144. The van der Waals surface area contributed by atoms with E-state index in [9.17, 15) is 9.90 Å². The molecule has 1 aliphatic heterocycles. The summed E-state index contributed by atoms with van der Waals surface area (Å²) < 4.78 is 1.20. The topological polar surface area (TPSA) is 43.8 Å². The summed E-state index contributed by atoms with van der Waals surface area (Å²) in [4.78, 5) is 16.0. The van der Waals surface area contributed by atoms with Crippen molar-refractivity contribution >= 4 is 27.4 Å². The minimum atomic E-state index is -0.760. The molecule has 3 rings (SSSR count). The standard InChI is InChI=1S/C15H18N2O2S/c1-16-5-7-17(8-6-16)14(15(18)19)12-2-3-13-11(10-12)4-9-20-13/h2-4,9-10,14H,5-8H2,1H3,(H,18,19). The molecule has 0 amide bonds. The first-order chi connectivity index (χ1) is 9.65. The van der Waals surface area contributed by atoms with Gasteiger partial charge in [0.2, 0.25) is 0 Å². The van der Waals surface area contributed by atoms with Gasteiger partial charge in [0.15, 0.2) is 0 Å². The van der Waals surface area contributed by atoms with Crippen molar-refractivity contribution in [3.63, 3.8) is 0 Å². The quantitative estimate of drug-likeness (QED) is 0.942. The SMILES string of the molecule is CN1CCN(C(C(=O)O)c2ccc3sccc3c2)CC1. The molecule has 1 aliphatic rings. The van der Waals surface area contributed by atoms with Crippen LogP contribution in [0, 0.1) is 0 Å². The van der Waals surface area contributed by atoms with E-state index in [1.807, 2.05) is 29.6 Å². The number of rotatable bonds is 3. The third-order valence-corrected chi connectivity index (χ3v) is 4.83. The van der Waals surface area contributed by atoms with E-state index in [0.29, 0.717) is 0 Å². The van der Waals surface area contributed by atoms with Crippen molar-refractivity contribution in [2.75, 3.05) is 33.2 Å². The number of nitrogens with zero attached hydrogens (tertiary/aromatic N) is 2. The van der Waals surface area contributed by atoms with Crippen LogP contribution in [-0.4, -0.2) is 54.1 Å². The Kier molecular flexibility index (Phi) is 3.74. The molecule has 1 fully saturated rings. The number of aliphatic carboxylic acids is 1. The fourth-order valence-electron chi connectivity index (χ4n) is 2.74. The Hall–Kier alpha value is -1.43. The largest absolute Gasteiger partial charge is 0.480 e. The summed E-state index contributed by atoms with van der Waals surface area (Å²) in [6.45, 7) is 3.44. The minimum Gasteiger partial charge on any atom is -0.480 e. The average Bonchev–Trinajstić information content (AvgIpc) is 2.88. The van der Waals surface area contributed by atoms with Crippen LogP contribution in [0.25, 0.3) is 10.1 Å². The maximum Gasteiger partial charge on any atom is 0.325 e. The molecular formula is C15H18N2O2S. The summed E-state index contributed by atoms with van der Waals surface area (Å²) in [7, 11) is 2.07. The van der Waals surface area contributed by atoms with E-state index in [-0.39, 0.29) is 0 Å². The Morgan fingerprint density at radius 3 is 2.70 bits per heavy atom. The Balaban J connectivity index is 1.91. The highest BCUT2D eigenvalue weighted by Gasteiger charge is 2.29. The molecule has 20 heavy (non-hydrogen) atoms. The molecule has 0 bridgehead atoms. The number of carboxylic acid groups (broad SMARTS) is 1. The first-order valence-corrected chi connectivity index (χ1v) is 7.65. The van der Waals surface area contributed by atoms with Crippen LogP contribution in [0.4, 0.5) is 0 Å². The zero-order valence-corrected chi connectivity index (χ0v) is 12.3. The van der Waals surface area contributed by atoms with Gasteiger partial charge in [0, 0.05) is 30.9 Å². The van der Waals surface area contributed by atoms with Gasteiger partial charge in [0.1, 0.15) is 6.04 Å². The lowest BCUT2D eigenvalue weighted by Crippen LogP contribution is -2.47. The van der Waals surface area contributed by atoms with Crippen LogP contribution < -0.4 is 0 Å². The molecule has 1 aromatic heterocycles. The summed E-state index contributed by atoms with van der Waals surface area (Å²) in [5.41, 5.74) is 0.882. The van der Waals surface area contributed by atoms with Gasteiger partial charge in [0.25, 0.3) is 0 Å². The Morgan fingerprint density at radius 2 is 2.00 bits per heavy atom. The molecule has 106 valence electrons. The number of likely N-dealkylation sites (N-methyl/N-ethyl adjacent to an activating group) is 1. The van der Waals surface area contributed by atoms with Gasteiger partial charge in [-0.3, -0.25) is 9.69 Å². The molecule has 4 nitrogen and oxygen atoms in total. The van der Waals surface area contributed by atoms with Crippen molar-refractivity contribution < 1.29 is 9.90 Å². The zero-order valence-electron chi connectivity index (χ0n) is 11.5. The van der Waals surface area contributed by atoms with E-state index < -0.39 is 12.0 Å². The summed E-state index contributed by atoms with van der Waals surface area (Å²) >= 11 is 1.68. The predicted molar refractivity (Wildman–Crippen MR) is 81.3 cm³/mol. The Labute approximate surface area is 122 Å². The van der Waals surface area contributed by atoms with Crippen molar-refractivity contribution in [2.24, 2.45) is 0 Å². The number of fused-ring (bicyclic) bond motifs is 1. The van der Waals surface area contributed by atoms with E-state index in [0.717, 1.165) is 37.1 Å². The number of benzene rings is 1. The van der Waals surface area contributed by atoms with E-state index >= 15 is 0 Å². The monoisotopic (exact) mass is 290 g/mol. The third kappa shape index (κ3) is 2.57. The van der Waals surface area contributed by atoms with E-state index in [1.54, 1.807) is 11.3 Å². The van der Waals surface area contributed by atoms with Crippen molar-refractivity contribution in [3.8, 4) is 0 Å². The van der Waals surface area contributed by atoms with Gasteiger partial charge in [-0.25, -0.2) is 0 Å². The molecule has 1 saturated heterocycles. The second-order valence-corrected chi connectivity index (χ2v) is 6.25. The summed E-state index contributed by atoms with van der Waals surface area (Å²) in [6, 6.07) is 7.51. The molecule has 0 radical (unpaired) electrons. The molecular weight excluding hydrogens is 272 g/mol. The zero-order chi connectivity index (χ0) is 14.1. The third-order valence-electron chi connectivity index (χ3n) is 3.93. The van der Waals surface area contributed by atoms with Crippen molar-refractivity contribution in [1.29, 1.82) is 0 Å². The Morgan fingerprint density at radius 1 is 1.25 bits per heavy atom. The van der Waals surface area contributed by atoms with Crippen LogP contribution in [-0.2, 0) is 4.79 Å². The second-order valence-electron chi connectivity index (χ2n) is 5.30. The van der Waals surface area contributed by atoms with E-state index in [4.69, 9.17) is 0 Å². The van der Waals surface area contributed by atoms with Crippen LogP contribution in [0.1, 0.15) is 11.6 Å². The maximum atomic E-state index is 11.7. The van der Waals surface area contributed by atoms with Crippen molar-refractivity contribution in [3.05, 3.63) is 35.2 Å². The smallest absolute Gasteiger partial charge is 0.325 e. The summed E-state index contributed by atoms with van der Waals surface area (Å²) in [6.07, 6.45) is 0. The lowest BCUT2D eigenvalue weighted by atomic mass is 10.0. The molecule has 1 atom stereocenters. The molecule has 0 aliphatic carbocycles. The van der Waals surface area contributed by atoms with Crippen LogP contribution in [0.5, 0.6) is 0 Å². The van der Waals surface area contributed by atoms with Gasteiger partial charge in [0.05, 0.1) is 0 Å². The predicted octanol–water partition coefficient (Wildman–Crippen LogP) is 2.27. The van der Waals surface area contributed by atoms with Crippen molar-refractivity contribution in [1.82, 2.24) is 9.80 Å². The fourth-order valence-corrected chi connectivity index (χ4v) is 3.52. The van der Waals surface area contributed by atoms with Gasteiger partial charge >= 0.3 is 5.97 Å². The second kappa shape index (κ2) is 5.52. The van der Waals surface area contributed by atoms with E-state index in [2.05, 4.69) is 16.8 Å². The normalized spacial score (nSPS) is 19.2. The van der Waals surface area contributed by atoms with Gasteiger partial charge in [-0.1, -0.05) is 6.07 Å². The highest BCUT2D eigenvalue weighted by atomic mass is 32.1. The maximum absolute atomic E-state index is 11.7. The number of carbonyl (C=O) groups is 1. The summed E-state index contributed by atoms with van der Waals surface area (Å²) in [5.74, 6) is -0.760. The highest BCUT2D eigenvalue weighted by Crippen LogP contribution is 2.28. The lowest BCUT2D eigenvalue weighted by Gasteiger charge is -2.36. The van der Waals surface area contributed by atoms with Crippen molar-refractivity contribution in [2.45, 2.75) is 6.04 Å². The van der Waals surface area contributed by atoms with E-state index in [1.165, 1.54) is 4.70 Å². The average molecular weight is 290 g/mol. The van der Waals surface area contributed by atoms with Gasteiger partial charge in [-0.05, 0) is 41.6 Å². The number of hydrogen-bond donors (Lipinski definition) is 1. The first-order valence-electron chi connectivity index (χ1n) is 6.78. The molecule has 0 spiro atoms. The molecule has 2 aromatic rings. The number of piperazine rings is 1. The fraction of sp³-hybridized carbons (Fsp3) is 0.400. The van der Waals surface area contributed by atoms with Crippen LogP contribution >= 0.6 is 11.3 Å². The molecule has 5 heteroatoms. The minimum absolute atomic E-state index is 0.534. The molecule has 1 N–H and O–H groups in total. The number of thiophene rings is 1. The van der Waals surface area contributed by atoms with Crippen LogP contribution in [0.2, 0.25) is 0 Å². The van der Waals surface area contributed by atoms with Gasteiger partial charge < -0.3 is 10.0 Å². The number of hydrogen-bond acceptors (Lipinski definition) is 4. The van der Waals surface area contributed by atoms with Gasteiger partial charge in [-0.2, -0.15) is 0 Å². The Bertz CT molecular complexity index is 617. The molecule has 1 aromatic carbocycles. The highest BCUT2D eigenvalue weighted by molar-refractivity contribution is 7.17. The molecule has 0 saturated carbocycles. The molecule has 2 heterocycles.